The van der Waals surface area contributed by atoms with Crippen LogP contribution in [0.1, 0.15) is 0 Å². The molecule has 3 rings (SSSR count). The van der Waals surface area contributed by atoms with E-state index >= 15 is 0 Å². The summed E-state index contributed by atoms with van der Waals surface area (Å²) in [5.41, 5.74) is 1.68. The summed E-state index contributed by atoms with van der Waals surface area (Å²) in [6, 6.07) is 7.86. The molecule has 0 aliphatic carbocycles. The highest BCUT2D eigenvalue weighted by atomic mass is 14.9. The van der Waals surface area contributed by atoms with Gasteiger partial charge in [0.1, 0.15) is 12.1 Å². The smallest absolute Gasteiger partial charge is 0.103 e. The third kappa shape index (κ3) is 3.03. The molecule has 2 aliphatic rings. The molecule has 4 nitrogen and oxygen atoms in total. The van der Waals surface area contributed by atoms with E-state index in [2.05, 4.69) is 20.0 Å². The van der Waals surface area contributed by atoms with Crippen molar-refractivity contribution in [2.45, 2.75) is 12.1 Å². The molecule has 0 radical (unpaired) electrons. The van der Waals surface area contributed by atoms with Crippen LogP contribution in [0.3, 0.4) is 0 Å². The predicted octanol–water partition coefficient (Wildman–Crippen LogP) is 3.11. The molecule has 2 aliphatic heterocycles. The quantitative estimate of drug-likeness (QED) is 0.749. The average Bonchev–Trinajstić information content (AvgIpc) is 3.17. The lowest BCUT2D eigenvalue weighted by Crippen LogP contribution is -1.98. The number of rotatable bonds is 4. The zero-order valence-corrected chi connectivity index (χ0v) is 10.9. The second-order valence-electron chi connectivity index (χ2n) is 4.39. The Balaban J connectivity index is 1.77. The van der Waals surface area contributed by atoms with E-state index in [1.165, 1.54) is 0 Å². The summed E-state index contributed by atoms with van der Waals surface area (Å²) < 4.78 is 0. The van der Waals surface area contributed by atoms with Gasteiger partial charge in [-0.15, -0.1) is 0 Å². The molecule has 2 atom stereocenters. The van der Waals surface area contributed by atoms with Crippen molar-refractivity contribution >= 4 is 36.2 Å². The van der Waals surface area contributed by atoms with Gasteiger partial charge in [-0.1, -0.05) is 24.3 Å². The van der Waals surface area contributed by atoms with Gasteiger partial charge in [0.2, 0.25) is 0 Å². The average molecular weight is 262 g/mol. The van der Waals surface area contributed by atoms with Crippen LogP contribution in [0.15, 0.2) is 68.5 Å². The molecule has 0 saturated heterocycles. The first-order valence-corrected chi connectivity index (χ1v) is 6.49. The Labute approximate surface area is 117 Å². The number of para-hydroxylation sites is 2. The lowest BCUT2D eigenvalue weighted by atomic mass is 10.2. The highest BCUT2D eigenvalue weighted by Gasteiger charge is 2.03. The Hall–Kier alpha value is -2.62. The van der Waals surface area contributed by atoms with Crippen LogP contribution in [-0.2, 0) is 0 Å². The highest BCUT2D eigenvalue weighted by Crippen LogP contribution is 2.27. The van der Waals surface area contributed by atoms with E-state index < -0.39 is 0 Å². The molecule has 20 heavy (non-hydrogen) atoms. The van der Waals surface area contributed by atoms with Crippen LogP contribution >= 0.6 is 0 Å². The van der Waals surface area contributed by atoms with E-state index in [1.54, 1.807) is 12.4 Å². The van der Waals surface area contributed by atoms with Gasteiger partial charge in [0.25, 0.3) is 0 Å². The first-order valence-electron chi connectivity index (χ1n) is 6.49. The third-order valence-corrected chi connectivity index (χ3v) is 2.92. The highest BCUT2D eigenvalue weighted by molar-refractivity contribution is 5.85. The maximum Gasteiger partial charge on any atom is 0.103 e. The summed E-state index contributed by atoms with van der Waals surface area (Å²) >= 11 is 0. The predicted molar refractivity (Wildman–Crippen MR) is 85.6 cm³/mol. The second kappa shape index (κ2) is 6.02. The van der Waals surface area contributed by atoms with Gasteiger partial charge < -0.3 is 0 Å². The van der Waals surface area contributed by atoms with E-state index in [-0.39, 0.29) is 12.1 Å². The normalized spacial score (nSPS) is 23.8. The van der Waals surface area contributed by atoms with Crippen molar-refractivity contribution in [2.75, 3.05) is 0 Å². The van der Waals surface area contributed by atoms with Gasteiger partial charge in [-0.2, -0.15) is 0 Å². The van der Waals surface area contributed by atoms with Crippen molar-refractivity contribution in [3.63, 3.8) is 0 Å². The molecule has 0 saturated carbocycles. The van der Waals surface area contributed by atoms with Gasteiger partial charge in [0, 0.05) is 24.9 Å². The van der Waals surface area contributed by atoms with Crippen molar-refractivity contribution < 1.29 is 0 Å². The van der Waals surface area contributed by atoms with Crippen molar-refractivity contribution in [1.29, 1.82) is 0 Å². The minimum Gasteiger partial charge on any atom is -0.280 e. The molecule has 98 valence electrons. The molecule has 1 aromatic carbocycles. The Morgan fingerprint density at radius 2 is 1.30 bits per heavy atom. The minimum atomic E-state index is 0.0365. The van der Waals surface area contributed by atoms with E-state index in [0.717, 1.165) is 11.4 Å². The summed E-state index contributed by atoms with van der Waals surface area (Å²) in [5, 5.41) is 0. The molecule has 0 fully saturated rings. The number of hydrogen-bond acceptors (Lipinski definition) is 4. The Morgan fingerprint density at radius 3 is 1.70 bits per heavy atom. The molecule has 1 aromatic rings. The summed E-state index contributed by atoms with van der Waals surface area (Å²) in [4.78, 5) is 17.4. The van der Waals surface area contributed by atoms with E-state index in [9.17, 15) is 0 Å². The Kier molecular flexibility index (Phi) is 3.73. The van der Waals surface area contributed by atoms with E-state index in [1.807, 2.05) is 61.0 Å². The van der Waals surface area contributed by atoms with Crippen molar-refractivity contribution in [3.05, 3.63) is 48.6 Å². The van der Waals surface area contributed by atoms with Crippen LogP contribution < -0.4 is 0 Å². The first-order chi connectivity index (χ1) is 9.92. The SMILES string of the molecule is C1=CC(C=Nc2ccccc2N=CC2C=CC=N2)N=C1. The van der Waals surface area contributed by atoms with Crippen molar-refractivity contribution in [1.82, 2.24) is 0 Å². The number of allylic oxidation sites excluding steroid dienone is 2. The van der Waals surface area contributed by atoms with E-state index in [0.29, 0.717) is 0 Å². The maximum atomic E-state index is 4.47. The molecule has 0 N–H and O–H groups in total. The largest absolute Gasteiger partial charge is 0.280 e. The summed E-state index contributed by atoms with van der Waals surface area (Å²) in [7, 11) is 0. The fraction of sp³-hybridized carbons (Fsp3) is 0.125. The first kappa shape index (κ1) is 12.4. The van der Waals surface area contributed by atoms with Crippen LogP contribution in [0, 0.1) is 0 Å². The van der Waals surface area contributed by atoms with Crippen LogP contribution in [0.2, 0.25) is 0 Å². The number of nitrogens with zero attached hydrogens (tertiary/aromatic N) is 4. The van der Waals surface area contributed by atoms with Crippen LogP contribution in [-0.4, -0.2) is 36.9 Å². The molecular formula is C16H14N4. The molecule has 2 unspecified atom stereocenters. The van der Waals surface area contributed by atoms with Gasteiger partial charge in [0.05, 0.1) is 11.4 Å². The molecule has 0 aromatic heterocycles. The van der Waals surface area contributed by atoms with Crippen LogP contribution in [0.4, 0.5) is 11.4 Å². The minimum absolute atomic E-state index is 0.0365. The molecule has 2 heterocycles. The lowest BCUT2D eigenvalue weighted by Gasteiger charge is -2.01. The monoisotopic (exact) mass is 262 g/mol. The van der Waals surface area contributed by atoms with Gasteiger partial charge in [-0.3, -0.25) is 20.0 Å². The van der Waals surface area contributed by atoms with Gasteiger partial charge in [-0.05, 0) is 24.3 Å². The van der Waals surface area contributed by atoms with Crippen LogP contribution in [0.5, 0.6) is 0 Å². The summed E-state index contributed by atoms with van der Waals surface area (Å²) in [5.74, 6) is 0. The van der Waals surface area contributed by atoms with Crippen LogP contribution in [0.25, 0.3) is 0 Å². The van der Waals surface area contributed by atoms with Crippen molar-refractivity contribution in [2.24, 2.45) is 20.0 Å². The van der Waals surface area contributed by atoms with Gasteiger partial charge in [0.15, 0.2) is 0 Å². The fourth-order valence-corrected chi connectivity index (χ4v) is 1.90. The number of benzene rings is 1. The zero-order valence-electron chi connectivity index (χ0n) is 10.9. The number of hydrogen-bond donors (Lipinski definition) is 0. The summed E-state index contributed by atoms with van der Waals surface area (Å²) in [6.07, 6.45) is 15.0. The second-order valence-corrected chi connectivity index (χ2v) is 4.39. The standard InChI is InChI=1S/C16H14N4/c1-2-8-16(20-12-14-6-4-10-18-14)15(7-1)19-11-13-5-3-9-17-13/h1-14H. The van der Waals surface area contributed by atoms with Crippen molar-refractivity contribution in [3.8, 4) is 0 Å². The molecule has 0 spiro atoms. The fourth-order valence-electron chi connectivity index (χ4n) is 1.90. The third-order valence-electron chi connectivity index (χ3n) is 2.92. The summed E-state index contributed by atoms with van der Waals surface area (Å²) in [6.45, 7) is 0. The Morgan fingerprint density at radius 1 is 0.800 bits per heavy atom. The number of aliphatic imine (C=N–C) groups is 4. The molecule has 0 bridgehead atoms. The molecular weight excluding hydrogens is 248 g/mol. The van der Waals surface area contributed by atoms with E-state index in [4.69, 9.17) is 0 Å². The van der Waals surface area contributed by atoms with Gasteiger partial charge >= 0.3 is 0 Å². The van der Waals surface area contributed by atoms with Gasteiger partial charge in [-0.25, -0.2) is 0 Å². The molecule has 4 heteroatoms. The molecule has 0 amide bonds. The zero-order chi connectivity index (χ0) is 13.6. The Bertz CT molecular complexity index is 569. The topological polar surface area (TPSA) is 49.4 Å². The lowest BCUT2D eigenvalue weighted by molar-refractivity contribution is 1.13. The maximum absolute atomic E-state index is 4.47.